The first-order chi connectivity index (χ1) is 17.5. The maximum atomic E-state index is 13.0. The van der Waals surface area contributed by atoms with Crippen LogP contribution in [0.1, 0.15) is 37.5 Å². The number of halogens is 3. The summed E-state index contributed by atoms with van der Waals surface area (Å²) in [5, 5.41) is 3.10. The quantitative estimate of drug-likeness (QED) is 0.410. The lowest BCUT2D eigenvalue weighted by Crippen LogP contribution is -2.39. The second kappa shape index (κ2) is 10.8. The van der Waals surface area contributed by atoms with E-state index in [0.29, 0.717) is 41.1 Å². The molecule has 0 fully saturated rings. The SMILES string of the molecule is CS(=O)(=O)c1ncc(C[C@@H](C=O)NC(=O)c2c(Cl)cc3c(c2Cl)CCN(C(=O)c2ccc(Cl)cc2)C3)[nH]1. The Labute approximate surface area is 228 Å². The molecule has 37 heavy (non-hydrogen) atoms. The zero-order valence-electron chi connectivity index (χ0n) is 19.4. The van der Waals surface area contributed by atoms with Crippen LogP contribution in [0.3, 0.4) is 0 Å². The van der Waals surface area contributed by atoms with Crippen molar-refractivity contribution in [1.82, 2.24) is 20.2 Å². The van der Waals surface area contributed by atoms with E-state index in [1.807, 2.05) is 0 Å². The number of hydrogen-bond acceptors (Lipinski definition) is 6. The third-order valence-corrected chi connectivity index (χ3v) is 7.76. The summed E-state index contributed by atoms with van der Waals surface area (Å²) < 4.78 is 23.2. The second-order valence-corrected chi connectivity index (χ2v) is 11.7. The molecule has 2 aromatic carbocycles. The van der Waals surface area contributed by atoms with Gasteiger partial charge in [-0.05, 0) is 47.9 Å². The number of hydrogen-bond donors (Lipinski definition) is 2. The minimum absolute atomic E-state index is 0.0142. The summed E-state index contributed by atoms with van der Waals surface area (Å²) >= 11 is 18.9. The van der Waals surface area contributed by atoms with Crippen LogP contribution in [-0.2, 0) is 34.0 Å². The summed E-state index contributed by atoms with van der Waals surface area (Å²) in [6.45, 7) is 0.647. The molecule has 0 aliphatic carbocycles. The summed E-state index contributed by atoms with van der Waals surface area (Å²) in [4.78, 5) is 45.7. The Morgan fingerprint density at radius 2 is 1.92 bits per heavy atom. The lowest BCUT2D eigenvalue weighted by atomic mass is 9.96. The highest BCUT2D eigenvalue weighted by atomic mass is 35.5. The van der Waals surface area contributed by atoms with E-state index in [1.54, 1.807) is 35.2 Å². The van der Waals surface area contributed by atoms with Crippen molar-refractivity contribution in [1.29, 1.82) is 0 Å². The lowest BCUT2D eigenvalue weighted by molar-refractivity contribution is -0.109. The molecule has 1 aliphatic rings. The molecule has 1 aromatic heterocycles. The molecule has 3 aromatic rings. The summed E-state index contributed by atoms with van der Waals surface area (Å²) in [5.41, 5.74) is 2.30. The minimum atomic E-state index is -3.54. The average molecular weight is 584 g/mol. The highest BCUT2D eigenvalue weighted by Gasteiger charge is 2.28. The Balaban J connectivity index is 1.50. The number of benzene rings is 2. The van der Waals surface area contributed by atoms with E-state index in [1.165, 1.54) is 6.20 Å². The van der Waals surface area contributed by atoms with Crippen molar-refractivity contribution in [3.05, 3.63) is 79.5 Å². The summed E-state index contributed by atoms with van der Waals surface area (Å²) in [7, 11) is -3.54. The van der Waals surface area contributed by atoms with Crippen LogP contribution >= 0.6 is 34.8 Å². The molecule has 2 N–H and O–H groups in total. The normalized spacial score (nSPS) is 14.1. The van der Waals surface area contributed by atoms with Gasteiger partial charge < -0.3 is 20.0 Å². The van der Waals surface area contributed by atoms with Gasteiger partial charge in [-0.15, -0.1) is 0 Å². The van der Waals surface area contributed by atoms with Crippen LogP contribution in [0.2, 0.25) is 15.1 Å². The smallest absolute Gasteiger partial charge is 0.254 e. The second-order valence-electron chi connectivity index (χ2n) is 8.57. The Kier molecular flexibility index (Phi) is 7.94. The average Bonchev–Trinajstić information content (AvgIpc) is 3.32. The van der Waals surface area contributed by atoms with Gasteiger partial charge >= 0.3 is 0 Å². The van der Waals surface area contributed by atoms with Gasteiger partial charge in [-0.3, -0.25) is 9.59 Å². The number of fused-ring (bicyclic) bond motifs is 1. The van der Waals surface area contributed by atoms with E-state index >= 15 is 0 Å². The molecule has 0 radical (unpaired) electrons. The van der Waals surface area contributed by atoms with Crippen LogP contribution in [-0.4, -0.2) is 60.2 Å². The van der Waals surface area contributed by atoms with Crippen molar-refractivity contribution in [2.45, 2.75) is 30.6 Å². The fourth-order valence-corrected chi connectivity index (χ4v) is 5.50. The van der Waals surface area contributed by atoms with Gasteiger partial charge in [0.25, 0.3) is 11.8 Å². The molecule has 1 aliphatic heterocycles. The first kappa shape index (κ1) is 27.1. The van der Waals surface area contributed by atoms with E-state index in [9.17, 15) is 22.8 Å². The predicted octanol–water partition coefficient (Wildman–Crippen LogP) is 3.51. The molecule has 0 unspecified atom stereocenters. The Morgan fingerprint density at radius 3 is 2.54 bits per heavy atom. The van der Waals surface area contributed by atoms with Crippen molar-refractivity contribution in [2.24, 2.45) is 0 Å². The molecule has 1 atom stereocenters. The Morgan fingerprint density at radius 1 is 1.22 bits per heavy atom. The van der Waals surface area contributed by atoms with Crippen LogP contribution in [0, 0.1) is 0 Å². The fraction of sp³-hybridized carbons (Fsp3) is 0.250. The number of nitrogens with zero attached hydrogens (tertiary/aromatic N) is 2. The third kappa shape index (κ3) is 5.98. The number of imidazole rings is 1. The molecule has 13 heteroatoms. The summed E-state index contributed by atoms with van der Waals surface area (Å²) in [6.07, 6.45) is 3.21. The van der Waals surface area contributed by atoms with Crippen molar-refractivity contribution >= 4 is 62.7 Å². The molecule has 2 amide bonds. The molecule has 0 saturated carbocycles. The molecule has 9 nitrogen and oxygen atoms in total. The van der Waals surface area contributed by atoms with E-state index in [4.69, 9.17) is 34.8 Å². The van der Waals surface area contributed by atoms with Crippen LogP contribution < -0.4 is 5.32 Å². The first-order valence-electron chi connectivity index (χ1n) is 11.0. The van der Waals surface area contributed by atoms with Crippen molar-refractivity contribution in [2.75, 3.05) is 12.8 Å². The van der Waals surface area contributed by atoms with Gasteiger partial charge in [0.1, 0.15) is 6.29 Å². The summed E-state index contributed by atoms with van der Waals surface area (Å²) in [5.74, 6) is -0.819. The number of aromatic nitrogens is 2. The number of aldehydes is 1. The number of amides is 2. The Hall–Kier alpha value is -2.92. The maximum absolute atomic E-state index is 13.0. The van der Waals surface area contributed by atoms with Gasteiger partial charge in [0.2, 0.25) is 15.0 Å². The highest BCUT2D eigenvalue weighted by molar-refractivity contribution is 7.90. The van der Waals surface area contributed by atoms with Crippen LogP contribution in [0.5, 0.6) is 0 Å². The number of H-pyrrole nitrogens is 1. The zero-order chi connectivity index (χ0) is 26.9. The maximum Gasteiger partial charge on any atom is 0.254 e. The van der Waals surface area contributed by atoms with Gasteiger partial charge in [0, 0.05) is 48.2 Å². The lowest BCUT2D eigenvalue weighted by Gasteiger charge is -2.30. The zero-order valence-corrected chi connectivity index (χ0v) is 22.5. The van der Waals surface area contributed by atoms with E-state index in [-0.39, 0.29) is 39.6 Å². The topological polar surface area (TPSA) is 129 Å². The molecule has 0 spiro atoms. The van der Waals surface area contributed by atoms with E-state index in [0.717, 1.165) is 11.8 Å². The number of sulfone groups is 1. The number of rotatable bonds is 7. The van der Waals surface area contributed by atoms with Gasteiger partial charge in [-0.25, -0.2) is 13.4 Å². The number of aromatic amines is 1. The van der Waals surface area contributed by atoms with Gasteiger partial charge in [-0.1, -0.05) is 34.8 Å². The predicted molar refractivity (Wildman–Crippen MR) is 139 cm³/mol. The molecule has 194 valence electrons. The monoisotopic (exact) mass is 582 g/mol. The van der Waals surface area contributed by atoms with Crippen LogP contribution in [0.4, 0.5) is 0 Å². The fourth-order valence-electron chi connectivity index (χ4n) is 4.05. The Bertz CT molecular complexity index is 1490. The molecule has 0 saturated heterocycles. The largest absolute Gasteiger partial charge is 0.342 e. The van der Waals surface area contributed by atoms with Crippen molar-refractivity contribution in [3.63, 3.8) is 0 Å². The van der Waals surface area contributed by atoms with E-state index in [2.05, 4.69) is 15.3 Å². The van der Waals surface area contributed by atoms with Crippen molar-refractivity contribution < 1.29 is 22.8 Å². The first-order valence-corrected chi connectivity index (χ1v) is 14.0. The number of carbonyl (C=O) groups excluding carboxylic acids is 3. The van der Waals surface area contributed by atoms with Crippen LogP contribution in [0.15, 0.2) is 41.7 Å². The molecule has 0 bridgehead atoms. The number of carbonyl (C=O) groups is 3. The third-order valence-electron chi connectivity index (χ3n) is 5.89. The highest BCUT2D eigenvalue weighted by Crippen LogP contribution is 2.35. The molecular formula is C24H21Cl3N4O5S. The van der Waals surface area contributed by atoms with Gasteiger partial charge in [-0.2, -0.15) is 0 Å². The van der Waals surface area contributed by atoms with Crippen LogP contribution in [0.25, 0.3) is 0 Å². The molecular weight excluding hydrogens is 563 g/mol. The van der Waals surface area contributed by atoms with E-state index < -0.39 is 21.8 Å². The van der Waals surface area contributed by atoms with Crippen molar-refractivity contribution in [3.8, 4) is 0 Å². The standard InChI is InChI=1S/C24H21Cl3N4O5S/c1-37(35,36)24-28-10-16(30-24)9-17(12-32)29-22(33)20-19(26)8-14-11-31(7-6-18(14)21(20)27)23(34)13-2-4-15(25)5-3-13/h2-5,8,10,12,17H,6-7,9,11H2,1H3,(H,28,30)(H,29,33)/t17-/m0/s1. The number of nitrogens with one attached hydrogen (secondary N) is 2. The molecule has 2 heterocycles. The van der Waals surface area contributed by atoms with Gasteiger partial charge in [0.05, 0.1) is 21.7 Å². The minimum Gasteiger partial charge on any atom is -0.342 e. The molecule has 4 rings (SSSR count). The van der Waals surface area contributed by atoms with Gasteiger partial charge in [0.15, 0.2) is 0 Å². The summed E-state index contributed by atoms with van der Waals surface area (Å²) in [6, 6.07) is 7.21.